The van der Waals surface area contributed by atoms with E-state index < -0.39 is 15.8 Å². The Labute approximate surface area is 111 Å². The molecular formula is C11H14ClFN2O2S. The summed E-state index contributed by atoms with van der Waals surface area (Å²) in [6.07, 6.45) is 2.27. The van der Waals surface area contributed by atoms with Gasteiger partial charge in [-0.05, 0) is 31.0 Å². The highest BCUT2D eigenvalue weighted by molar-refractivity contribution is 7.89. The van der Waals surface area contributed by atoms with E-state index in [2.05, 4.69) is 10.0 Å². The predicted molar refractivity (Wildman–Crippen MR) is 67.6 cm³/mol. The van der Waals surface area contributed by atoms with Gasteiger partial charge in [-0.1, -0.05) is 11.6 Å². The minimum Gasteiger partial charge on any atom is -0.313 e. The van der Waals surface area contributed by atoms with E-state index in [4.69, 9.17) is 11.6 Å². The highest BCUT2D eigenvalue weighted by Gasteiger charge is 2.21. The lowest BCUT2D eigenvalue weighted by atomic mass is 10.3. The molecule has 0 unspecified atom stereocenters. The Hall–Kier alpha value is -0.690. The normalized spacial score (nSPS) is 15.9. The van der Waals surface area contributed by atoms with Crippen molar-refractivity contribution in [2.75, 3.05) is 13.1 Å². The van der Waals surface area contributed by atoms with Crippen molar-refractivity contribution in [3.05, 3.63) is 29.0 Å². The summed E-state index contributed by atoms with van der Waals surface area (Å²) < 4.78 is 39.4. The minimum absolute atomic E-state index is 0.168. The van der Waals surface area contributed by atoms with Crippen LogP contribution in [-0.2, 0) is 10.0 Å². The summed E-state index contributed by atoms with van der Waals surface area (Å²) in [4.78, 5) is -0.377. The largest absolute Gasteiger partial charge is 0.313 e. The second-order valence-corrected chi connectivity index (χ2v) is 6.37. The first-order valence-electron chi connectivity index (χ1n) is 5.67. The van der Waals surface area contributed by atoms with Crippen molar-refractivity contribution in [1.82, 2.24) is 10.0 Å². The van der Waals surface area contributed by atoms with E-state index in [-0.39, 0.29) is 16.5 Å². The summed E-state index contributed by atoms with van der Waals surface area (Å²) >= 11 is 5.57. The number of rotatable bonds is 6. The number of hydrogen-bond donors (Lipinski definition) is 2. The molecule has 2 rings (SSSR count). The van der Waals surface area contributed by atoms with E-state index in [9.17, 15) is 12.8 Å². The molecule has 1 saturated carbocycles. The summed E-state index contributed by atoms with van der Waals surface area (Å²) in [6, 6.07) is 4.01. The molecule has 4 nitrogen and oxygen atoms in total. The quantitative estimate of drug-likeness (QED) is 0.782. The molecule has 0 aromatic heterocycles. The fourth-order valence-corrected chi connectivity index (χ4v) is 2.77. The third-order valence-corrected chi connectivity index (χ3v) is 4.34. The van der Waals surface area contributed by atoms with Gasteiger partial charge in [0, 0.05) is 24.2 Å². The maximum absolute atomic E-state index is 13.5. The van der Waals surface area contributed by atoms with Gasteiger partial charge in [0.15, 0.2) is 0 Å². The topological polar surface area (TPSA) is 58.2 Å². The number of halogens is 2. The molecule has 18 heavy (non-hydrogen) atoms. The van der Waals surface area contributed by atoms with Crippen molar-refractivity contribution >= 4 is 21.6 Å². The molecule has 0 amide bonds. The van der Waals surface area contributed by atoms with Crippen LogP contribution in [0.3, 0.4) is 0 Å². The Morgan fingerprint density at radius 1 is 1.33 bits per heavy atom. The molecule has 100 valence electrons. The average molecular weight is 293 g/mol. The van der Waals surface area contributed by atoms with Crippen LogP contribution < -0.4 is 10.0 Å². The molecule has 0 saturated heterocycles. The average Bonchev–Trinajstić information content (AvgIpc) is 3.07. The Bertz CT molecular complexity index is 532. The maximum Gasteiger partial charge on any atom is 0.243 e. The second kappa shape index (κ2) is 5.52. The molecule has 1 fully saturated rings. The van der Waals surface area contributed by atoms with Gasteiger partial charge in [-0.2, -0.15) is 0 Å². The summed E-state index contributed by atoms with van der Waals surface area (Å²) in [6.45, 7) is 0.778. The zero-order chi connectivity index (χ0) is 13.2. The van der Waals surface area contributed by atoms with Crippen LogP contribution in [0.5, 0.6) is 0 Å². The van der Waals surface area contributed by atoms with Crippen LogP contribution in [0.4, 0.5) is 4.39 Å². The van der Waals surface area contributed by atoms with Gasteiger partial charge in [0.05, 0.1) is 0 Å². The van der Waals surface area contributed by atoms with Crippen molar-refractivity contribution in [2.45, 2.75) is 23.8 Å². The minimum atomic E-state index is -3.81. The van der Waals surface area contributed by atoms with Crippen molar-refractivity contribution in [3.8, 4) is 0 Å². The van der Waals surface area contributed by atoms with E-state index >= 15 is 0 Å². The number of nitrogens with one attached hydrogen (secondary N) is 2. The van der Waals surface area contributed by atoms with Crippen LogP contribution in [-0.4, -0.2) is 27.5 Å². The van der Waals surface area contributed by atoms with Crippen LogP contribution in [0.15, 0.2) is 23.1 Å². The smallest absolute Gasteiger partial charge is 0.243 e. The van der Waals surface area contributed by atoms with Gasteiger partial charge < -0.3 is 5.32 Å². The fraction of sp³-hybridized carbons (Fsp3) is 0.455. The molecule has 0 radical (unpaired) electrons. The highest BCUT2D eigenvalue weighted by atomic mass is 35.5. The van der Waals surface area contributed by atoms with E-state index in [1.54, 1.807) is 0 Å². The summed E-state index contributed by atoms with van der Waals surface area (Å²) in [5, 5.41) is 3.33. The van der Waals surface area contributed by atoms with Crippen LogP contribution in [0, 0.1) is 5.82 Å². The zero-order valence-corrected chi connectivity index (χ0v) is 11.2. The third-order valence-electron chi connectivity index (χ3n) is 2.61. The molecule has 7 heteroatoms. The van der Waals surface area contributed by atoms with E-state index in [0.29, 0.717) is 12.6 Å². The second-order valence-electron chi connectivity index (χ2n) is 4.20. The number of benzene rings is 1. The molecule has 1 aromatic carbocycles. The van der Waals surface area contributed by atoms with Crippen LogP contribution in [0.25, 0.3) is 0 Å². The van der Waals surface area contributed by atoms with Gasteiger partial charge >= 0.3 is 0 Å². The molecule has 0 spiro atoms. The molecule has 0 aliphatic heterocycles. The molecular weight excluding hydrogens is 279 g/mol. The molecule has 1 aromatic rings. The molecule has 1 aliphatic carbocycles. The third kappa shape index (κ3) is 3.65. The van der Waals surface area contributed by atoms with Gasteiger partial charge in [-0.3, -0.25) is 0 Å². The zero-order valence-electron chi connectivity index (χ0n) is 9.62. The van der Waals surface area contributed by atoms with Gasteiger partial charge in [0.2, 0.25) is 10.0 Å². The van der Waals surface area contributed by atoms with Crippen LogP contribution >= 0.6 is 11.6 Å². The highest BCUT2D eigenvalue weighted by Crippen LogP contribution is 2.19. The van der Waals surface area contributed by atoms with Gasteiger partial charge in [0.25, 0.3) is 0 Å². The predicted octanol–water partition coefficient (Wildman–Crippen LogP) is 1.51. The van der Waals surface area contributed by atoms with Crippen LogP contribution in [0.1, 0.15) is 12.8 Å². The van der Waals surface area contributed by atoms with Crippen molar-refractivity contribution in [1.29, 1.82) is 0 Å². The Morgan fingerprint density at radius 2 is 2.06 bits per heavy atom. The first kappa shape index (κ1) is 13.7. The first-order valence-corrected chi connectivity index (χ1v) is 7.53. The van der Waals surface area contributed by atoms with Crippen molar-refractivity contribution in [3.63, 3.8) is 0 Å². The van der Waals surface area contributed by atoms with Crippen molar-refractivity contribution < 1.29 is 12.8 Å². The lowest BCUT2D eigenvalue weighted by Gasteiger charge is -2.08. The summed E-state index contributed by atoms with van der Waals surface area (Å²) in [7, 11) is -3.81. The lowest BCUT2D eigenvalue weighted by Crippen LogP contribution is -2.33. The molecule has 1 aliphatic rings. The Kier molecular flexibility index (Phi) is 4.21. The molecule has 0 heterocycles. The lowest BCUT2D eigenvalue weighted by molar-refractivity contribution is 0.553. The fourth-order valence-electron chi connectivity index (χ4n) is 1.52. The van der Waals surface area contributed by atoms with Gasteiger partial charge in [0.1, 0.15) is 10.7 Å². The van der Waals surface area contributed by atoms with Gasteiger partial charge in [-0.25, -0.2) is 17.5 Å². The Balaban J connectivity index is 1.95. The molecule has 0 atom stereocenters. The summed E-state index contributed by atoms with van der Waals surface area (Å²) in [5.41, 5.74) is 0. The van der Waals surface area contributed by atoms with Crippen LogP contribution in [0.2, 0.25) is 5.02 Å². The SMILES string of the molecule is O=S(=O)(NCCNC1CC1)c1ccc(Cl)cc1F. The monoisotopic (exact) mass is 292 g/mol. The van der Waals surface area contributed by atoms with Gasteiger partial charge in [-0.15, -0.1) is 0 Å². The number of sulfonamides is 1. The van der Waals surface area contributed by atoms with E-state index in [1.165, 1.54) is 6.07 Å². The maximum atomic E-state index is 13.5. The first-order chi connectivity index (χ1) is 8.49. The number of hydrogen-bond acceptors (Lipinski definition) is 3. The Morgan fingerprint density at radius 3 is 2.67 bits per heavy atom. The van der Waals surface area contributed by atoms with Crippen molar-refractivity contribution in [2.24, 2.45) is 0 Å². The molecule has 0 bridgehead atoms. The van der Waals surface area contributed by atoms with E-state index in [1.807, 2.05) is 0 Å². The summed E-state index contributed by atoms with van der Waals surface area (Å²) in [5.74, 6) is -0.842. The standard InChI is InChI=1S/C11H14ClFN2O2S/c12-8-1-4-11(10(13)7-8)18(16,17)15-6-5-14-9-2-3-9/h1,4,7,9,14-15H,2-3,5-6H2. The van der Waals surface area contributed by atoms with E-state index in [0.717, 1.165) is 25.0 Å². The molecule has 2 N–H and O–H groups in total.